The number of para-hydroxylation sites is 1. The van der Waals surface area contributed by atoms with Crippen molar-refractivity contribution in [1.82, 2.24) is 5.32 Å². The van der Waals surface area contributed by atoms with E-state index in [2.05, 4.69) is 19.2 Å². The number of hydrogen-bond acceptors (Lipinski definition) is 2. The summed E-state index contributed by atoms with van der Waals surface area (Å²) in [6.07, 6.45) is 0.560. The molecule has 0 aromatic heterocycles. The van der Waals surface area contributed by atoms with Crippen molar-refractivity contribution in [3.63, 3.8) is 0 Å². The molecule has 2 aromatic carbocycles. The fraction of sp³-hybridized carbons (Fsp3) is 0.381. The topological polar surface area (TPSA) is 38.3 Å². The van der Waals surface area contributed by atoms with Crippen LogP contribution >= 0.6 is 0 Å². The Morgan fingerprint density at radius 3 is 2.32 bits per heavy atom. The van der Waals surface area contributed by atoms with Gasteiger partial charge in [-0.2, -0.15) is 0 Å². The van der Waals surface area contributed by atoms with Crippen LogP contribution in [0.4, 0.5) is 4.39 Å². The van der Waals surface area contributed by atoms with Gasteiger partial charge in [-0.25, -0.2) is 4.39 Å². The maximum atomic E-state index is 13.8. The summed E-state index contributed by atoms with van der Waals surface area (Å²) < 4.78 is 19.4. The van der Waals surface area contributed by atoms with Crippen LogP contribution in [0, 0.1) is 11.7 Å². The predicted molar refractivity (Wildman–Crippen MR) is 97.9 cm³/mol. The van der Waals surface area contributed by atoms with E-state index >= 15 is 0 Å². The highest BCUT2D eigenvalue weighted by atomic mass is 19.1. The molecule has 0 aliphatic rings. The summed E-state index contributed by atoms with van der Waals surface area (Å²) in [5.41, 5.74) is 1.06. The lowest BCUT2D eigenvalue weighted by molar-refractivity contribution is -0.129. The van der Waals surface area contributed by atoms with Crippen LogP contribution in [0.15, 0.2) is 54.6 Å². The summed E-state index contributed by atoms with van der Waals surface area (Å²) in [5.74, 6) is -0.154. The van der Waals surface area contributed by atoms with E-state index in [1.54, 1.807) is 12.1 Å². The average Bonchev–Trinajstić information content (AvgIpc) is 2.60. The Bertz CT molecular complexity index is 673. The fourth-order valence-electron chi connectivity index (χ4n) is 2.72. The van der Waals surface area contributed by atoms with Crippen molar-refractivity contribution in [3.8, 4) is 5.75 Å². The molecule has 0 aliphatic heterocycles. The molecule has 0 saturated carbocycles. The van der Waals surface area contributed by atoms with Crippen LogP contribution in [0.25, 0.3) is 0 Å². The highest BCUT2D eigenvalue weighted by molar-refractivity contribution is 5.81. The Morgan fingerprint density at radius 2 is 1.72 bits per heavy atom. The van der Waals surface area contributed by atoms with E-state index < -0.39 is 11.9 Å². The second kappa shape index (κ2) is 9.21. The van der Waals surface area contributed by atoms with Gasteiger partial charge in [-0.1, -0.05) is 63.2 Å². The summed E-state index contributed by atoms with van der Waals surface area (Å²) in [6, 6.07) is 15.9. The molecule has 0 spiro atoms. The monoisotopic (exact) mass is 343 g/mol. The number of carbonyl (C=O) groups is 1. The zero-order valence-corrected chi connectivity index (χ0v) is 15.0. The van der Waals surface area contributed by atoms with E-state index in [0.717, 1.165) is 12.0 Å². The standard InChI is InChI=1S/C21H26FNO2/c1-4-19(25-20-13-9-8-12-17(20)22)21(24)23-18(14-15(2)3)16-10-6-5-7-11-16/h5-13,15,18-19H,4,14H2,1-3H3,(H,23,24)/t18-,19-/m0/s1. The molecule has 2 rings (SSSR count). The summed E-state index contributed by atoms with van der Waals surface area (Å²) in [4.78, 5) is 12.7. The Kier molecular flexibility index (Phi) is 6.99. The van der Waals surface area contributed by atoms with Gasteiger partial charge in [0.1, 0.15) is 0 Å². The van der Waals surface area contributed by atoms with E-state index in [4.69, 9.17) is 4.74 Å². The van der Waals surface area contributed by atoms with Gasteiger partial charge in [-0.3, -0.25) is 4.79 Å². The fourth-order valence-corrected chi connectivity index (χ4v) is 2.72. The molecule has 3 nitrogen and oxygen atoms in total. The molecule has 25 heavy (non-hydrogen) atoms. The maximum Gasteiger partial charge on any atom is 0.261 e. The number of amides is 1. The molecule has 0 unspecified atom stereocenters. The number of carbonyl (C=O) groups excluding carboxylic acids is 1. The predicted octanol–water partition coefficient (Wildman–Crippen LogP) is 4.89. The van der Waals surface area contributed by atoms with Crippen molar-refractivity contribution in [2.24, 2.45) is 5.92 Å². The van der Waals surface area contributed by atoms with Crippen LogP contribution in [0.2, 0.25) is 0 Å². The lowest BCUT2D eigenvalue weighted by atomic mass is 9.96. The van der Waals surface area contributed by atoms with E-state index in [1.165, 1.54) is 12.1 Å². The molecule has 1 N–H and O–H groups in total. The third kappa shape index (κ3) is 5.59. The zero-order chi connectivity index (χ0) is 18.2. The van der Waals surface area contributed by atoms with Gasteiger partial charge < -0.3 is 10.1 Å². The molecule has 0 bridgehead atoms. The number of halogens is 1. The second-order valence-corrected chi connectivity index (χ2v) is 6.55. The van der Waals surface area contributed by atoms with E-state index in [0.29, 0.717) is 12.3 Å². The van der Waals surface area contributed by atoms with Crippen molar-refractivity contribution in [1.29, 1.82) is 0 Å². The first-order valence-corrected chi connectivity index (χ1v) is 8.77. The highest BCUT2D eigenvalue weighted by Crippen LogP contribution is 2.23. The third-order valence-corrected chi connectivity index (χ3v) is 3.99. The largest absolute Gasteiger partial charge is 0.478 e. The Hall–Kier alpha value is -2.36. The molecule has 134 valence electrons. The van der Waals surface area contributed by atoms with Gasteiger partial charge in [0.25, 0.3) is 5.91 Å². The van der Waals surface area contributed by atoms with Gasteiger partial charge >= 0.3 is 0 Å². The number of hydrogen-bond donors (Lipinski definition) is 1. The Labute approximate surface area is 149 Å². The molecular formula is C21H26FNO2. The molecule has 1 amide bonds. The van der Waals surface area contributed by atoms with Crippen LogP contribution in [-0.4, -0.2) is 12.0 Å². The van der Waals surface area contributed by atoms with E-state index in [9.17, 15) is 9.18 Å². The Morgan fingerprint density at radius 1 is 1.08 bits per heavy atom. The van der Waals surface area contributed by atoms with Crippen molar-refractivity contribution >= 4 is 5.91 Å². The number of benzene rings is 2. The third-order valence-electron chi connectivity index (χ3n) is 3.99. The molecule has 4 heteroatoms. The van der Waals surface area contributed by atoms with Gasteiger partial charge in [-0.05, 0) is 36.5 Å². The smallest absolute Gasteiger partial charge is 0.261 e. The highest BCUT2D eigenvalue weighted by Gasteiger charge is 2.24. The Balaban J connectivity index is 2.11. The summed E-state index contributed by atoms with van der Waals surface area (Å²) in [6.45, 7) is 6.09. The summed E-state index contributed by atoms with van der Waals surface area (Å²) in [7, 11) is 0. The van der Waals surface area contributed by atoms with Gasteiger partial charge in [0.15, 0.2) is 17.7 Å². The number of nitrogens with one attached hydrogen (secondary N) is 1. The summed E-state index contributed by atoms with van der Waals surface area (Å²) >= 11 is 0. The van der Waals surface area contributed by atoms with Gasteiger partial charge in [-0.15, -0.1) is 0 Å². The first-order valence-electron chi connectivity index (χ1n) is 8.77. The van der Waals surface area contributed by atoms with Gasteiger partial charge in [0.2, 0.25) is 0 Å². The molecule has 0 fully saturated rings. The van der Waals surface area contributed by atoms with Crippen molar-refractivity contribution in [2.75, 3.05) is 0 Å². The van der Waals surface area contributed by atoms with Crippen molar-refractivity contribution in [3.05, 3.63) is 66.0 Å². The van der Waals surface area contributed by atoms with Crippen molar-refractivity contribution < 1.29 is 13.9 Å². The number of rotatable bonds is 8. The minimum absolute atomic E-state index is 0.0908. The summed E-state index contributed by atoms with van der Waals surface area (Å²) in [5, 5.41) is 3.07. The van der Waals surface area contributed by atoms with Crippen LogP contribution < -0.4 is 10.1 Å². The van der Waals surface area contributed by atoms with E-state index in [-0.39, 0.29) is 17.7 Å². The molecule has 0 saturated heterocycles. The minimum atomic E-state index is -0.727. The van der Waals surface area contributed by atoms with Crippen LogP contribution in [-0.2, 0) is 4.79 Å². The molecule has 0 radical (unpaired) electrons. The van der Waals surface area contributed by atoms with Crippen LogP contribution in [0.5, 0.6) is 5.75 Å². The molecule has 2 aromatic rings. The van der Waals surface area contributed by atoms with Crippen LogP contribution in [0.1, 0.15) is 45.2 Å². The number of ether oxygens (including phenoxy) is 1. The molecule has 0 heterocycles. The zero-order valence-electron chi connectivity index (χ0n) is 15.0. The second-order valence-electron chi connectivity index (χ2n) is 6.55. The molecule has 0 aliphatic carbocycles. The maximum absolute atomic E-state index is 13.8. The molecular weight excluding hydrogens is 317 g/mol. The first kappa shape index (κ1) is 19.0. The normalized spacial score (nSPS) is 13.3. The quantitative estimate of drug-likeness (QED) is 0.741. The van der Waals surface area contributed by atoms with Gasteiger partial charge in [0.05, 0.1) is 6.04 Å². The average molecular weight is 343 g/mol. The SMILES string of the molecule is CC[C@H](Oc1ccccc1F)C(=O)N[C@@H](CC(C)C)c1ccccc1. The lowest BCUT2D eigenvalue weighted by Gasteiger charge is -2.24. The van der Waals surface area contributed by atoms with Crippen molar-refractivity contribution in [2.45, 2.75) is 45.8 Å². The van der Waals surface area contributed by atoms with Gasteiger partial charge in [0, 0.05) is 0 Å². The molecule has 2 atom stereocenters. The lowest BCUT2D eigenvalue weighted by Crippen LogP contribution is -2.40. The van der Waals surface area contributed by atoms with E-state index in [1.807, 2.05) is 37.3 Å². The minimum Gasteiger partial charge on any atom is -0.478 e. The first-order chi connectivity index (χ1) is 12.0. The van der Waals surface area contributed by atoms with Crippen LogP contribution in [0.3, 0.4) is 0 Å².